The van der Waals surface area contributed by atoms with Crippen LogP contribution in [0.4, 0.5) is 0 Å². The van der Waals surface area contributed by atoms with Gasteiger partial charge in [-0.15, -0.1) is 0 Å². The van der Waals surface area contributed by atoms with Crippen LogP contribution < -0.4 is 0 Å². The molecule has 1 saturated heterocycles. The van der Waals surface area contributed by atoms with Crippen LogP contribution in [0.5, 0.6) is 0 Å². The van der Waals surface area contributed by atoms with Crippen LogP contribution in [-0.2, 0) is 15.8 Å². The van der Waals surface area contributed by atoms with Crippen molar-refractivity contribution in [3.05, 3.63) is 48.0 Å². The van der Waals surface area contributed by atoms with Crippen molar-refractivity contribution >= 4 is 10.0 Å². The lowest BCUT2D eigenvalue weighted by molar-refractivity contribution is 0.156. The summed E-state index contributed by atoms with van der Waals surface area (Å²) in [5, 5.41) is 0. The second kappa shape index (κ2) is 6.62. The van der Waals surface area contributed by atoms with Gasteiger partial charge in [0.05, 0.1) is 5.75 Å². The van der Waals surface area contributed by atoms with E-state index < -0.39 is 10.0 Å². The molecule has 4 rings (SSSR count). The molecular weight excluding hydrogens is 320 g/mol. The lowest BCUT2D eigenvalue weighted by Gasteiger charge is -2.36. The minimum Gasteiger partial charge on any atom is -0.300 e. The number of benzene rings is 1. The fourth-order valence-electron chi connectivity index (χ4n) is 4.50. The number of fused-ring (bicyclic) bond motifs is 2. The van der Waals surface area contributed by atoms with Crippen LogP contribution in [0.2, 0.25) is 0 Å². The predicted octanol–water partition coefficient (Wildman–Crippen LogP) is 2.35. The first-order valence-corrected chi connectivity index (χ1v) is 10.6. The summed E-state index contributed by atoms with van der Waals surface area (Å²) < 4.78 is 26.9. The van der Waals surface area contributed by atoms with Gasteiger partial charge >= 0.3 is 0 Å². The monoisotopic (exact) mass is 346 g/mol. The Kier molecular flexibility index (Phi) is 4.50. The summed E-state index contributed by atoms with van der Waals surface area (Å²) >= 11 is 0. The summed E-state index contributed by atoms with van der Waals surface area (Å²) in [6.07, 6.45) is 7.46. The van der Waals surface area contributed by atoms with Crippen molar-refractivity contribution < 1.29 is 8.42 Å². The van der Waals surface area contributed by atoms with E-state index in [2.05, 4.69) is 17.1 Å². The van der Waals surface area contributed by atoms with E-state index in [0.717, 1.165) is 43.0 Å². The molecule has 24 heavy (non-hydrogen) atoms. The summed E-state index contributed by atoms with van der Waals surface area (Å²) in [6, 6.07) is 9.48. The first kappa shape index (κ1) is 16.3. The molecule has 1 aromatic rings. The van der Waals surface area contributed by atoms with Gasteiger partial charge in [-0.05, 0) is 36.2 Å². The second-order valence-corrected chi connectivity index (χ2v) is 9.45. The molecule has 1 aromatic carbocycles. The molecule has 2 fully saturated rings. The van der Waals surface area contributed by atoms with Crippen molar-refractivity contribution in [3.63, 3.8) is 0 Å². The van der Waals surface area contributed by atoms with Crippen LogP contribution in [-0.4, -0.2) is 50.3 Å². The summed E-state index contributed by atoms with van der Waals surface area (Å²) in [6.45, 7) is 4.13. The number of sulfonamides is 1. The number of piperazine rings is 1. The topological polar surface area (TPSA) is 40.6 Å². The van der Waals surface area contributed by atoms with Gasteiger partial charge in [-0.25, -0.2) is 8.42 Å². The van der Waals surface area contributed by atoms with Crippen LogP contribution in [0, 0.1) is 17.8 Å². The van der Waals surface area contributed by atoms with Gasteiger partial charge in [0.25, 0.3) is 0 Å². The standard InChI is InChI=1S/C19H26N2O2S/c22-24(23,15-16-4-2-1-3-5-16)21-10-8-20(9-11-21)14-19-13-17-6-7-18(19)12-17/h1-7,17-19H,8-15H2/t17-,18+,19-/m1/s1. The smallest absolute Gasteiger partial charge is 0.218 e. The maximum absolute atomic E-state index is 12.6. The molecule has 2 aliphatic carbocycles. The highest BCUT2D eigenvalue weighted by Crippen LogP contribution is 2.43. The van der Waals surface area contributed by atoms with Gasteiger partial charge in [0.2, 0.25) is 10.0 Å². The van der Waals surface area contributed by atoms with E-state index in [1.807, 2.05) is 30.3 Å². The van der Waals surface area contributed by atoms with Crippen LogP contribution in [0.1, 0.15) is 18.4 Å². The van der Waals surface area contributed by atoms with Gasteiger partial charge in [-0.2, -0.15) is 4.31 Å². The Morgan fingerprint density at radius 3 is 2.33 bits per heavy atom. The number of rotatable bonds is 5. The van der Waals surface area contributed by atoms with Crippen molar-refractivity contribution in [3.8, 4) is 0 Å². The average Bonchev–Trinajstić information content (AvgIpc) is 3.19. The van der Waals surface area contributed by atoms with Crippen LogP contribution >= 0.6 is 0 Å². The first-order chi connectivity index (χ1) is 11.6. The van der Waals surface area contributed by atoms with Crippen molar-refractivity contribution in [2.75, 3.05) is 32.7 Å². The molecule has 0 unspecified atom stereocenters. The number of nitrogens with zero attached hydrogens (tertiary/aromatic N) is 2. The Bertz CT molecular complexity index is 693. The molecule has 3 atom stereocenters. The Balaban J connectivity index is 1.30. The van der Waals surface area contributed by atoms with E-state index in [9.17, 15) is 8.42 Å². The Hall–Kier alpha value is -1.17. The molecule has 0 N–H and O–H groups in total. The summed E-state index contributed by atoms with van der Waals surface area (Å²) in [5.74, 6) is 2.49. The quantitative estimate of drug-likeness (QED) is 0.769. The Labute approximate surface area is 145 Å². The number of hydrogen-bond acceptors (Lipinski definition) is 3. The van der Waals surface area contributed by atoms with Crippen LogP contribution in [0.15, 0.2) is 42.5 Å². The molecule has 1 aliphatic heterocycles. The lowest BCUT2D eigenvalue weighted by atomic mass is 9.93. The van der Waals surface area contributed by atoms with E-state index in [-0.39, 0.29) is 5.75 Å². The number of allylic oxidation sites excluding steroid dienone is 2. The molecule has 3 aliphatic rings. The highest BCUT2D eigenvalue weighted by Gasteiger charge is 2.37. The fourth-order valence-corrected chi connectivity index (χ4v) is 6.02. The highest BCUT2D eigenvalue weighted by atomic mass is 32.2. The molecule has 1 saturated carbocycles. The maximum Gasteiger partial charge on any atom is 0.218 e. The van der Waals surface area contributed by atoms with Crippen molar-refractivity contribution in [2.45, 2.75) is 18.6 Å². The third-order valence-electron chi connectivity index (χ3n) is 5.83. The van der Waals surface area contributed by atoms with Gasteiger partial charge in [-0.1, -0.05) is 42.5 Å². The first-order valence-electron chi connectivity index (χ1n) is 9.02. The van der Waals surface area contributed by atoms with Crippen LogP contribution in [0.25, 0.3) is 0 Å². The number of hydrogen-bond donors (Lipinski definition) is 0. The van der Waals surface area contributed by atoms with Crippen molar-refractivity contribution in [1.29, 1.82) is 0 Å². The molecule has 130 valence electrons. The molecular formula is C19H26N2O2S. The van der Waals surface area contributed by atoms with Crippen molar-refractivity contribution in [2.24, 2.45) is 17.8 Å². The third kappa shape index (κ3) is 3.44. The molecule has 2 bridgehead atoms. The zero-order chi connectivity index (χ0) is 16.6. The van der Waals surface area contributed by atoms with E-state index in [4.69, 9.17) is 0 Å². The molecule has 0 amide bonds. The SMILES string of the molecule is O=S(=O)(Cc1ccccc1)N1CCN(C[C@H]2C[C@@H]3C=C[C@H]2C3)CC1. The molecule has 0 spiro atoms. The minimum absolute atomic E-state index is 0.116. The van der Waals surface area contributed by atoms with E-state index in [0.29, 0.717) is 13.1 Å². The van der Waals surface area contributed by atoms with E-state index in [1.165, 1.54) is 12.8 Å². The molecule has 0 radical (unpaired) electrons. The molecule has 1 heterocycles. The lowest BCUT2D eigenvalue weighted by Crippen LogP contribution is -2.50. The van der Waals surface area contributed by atoms with Crippen molar-refractivity contribution in [1.82, 2.24) is 9.21 Å². The molecule has 4 nitrogen and oxygen atoms in total. The normalized spacial score (nSPS) is 30.9. The van der Waals surface area contributed by atoms with Gasteiger partial charge in [0, 0.05) is 32.7 Å². The van der Waals surface area contributed by atoms with E-state index in [1.54, 1.807) is 4.31 Å². The second-order valence-electron chi connectivity index (χ2n) is 7.48. The summed E-state index contributed by atoms with van der Waals surface area (Å²) in [4.78, 5) is 2.47. The van der Waals surface area contributed by atoms with Crippen LogP contribution in [0.3, 0.4) is 0 Å². The highest BCUT2D eigenvalue weighted by molar-refractivity contribution is 7.88. The minimum atomic E-state index is -3.20. The zero-order valence-electron chi connectivity index (χ0n) is 14.0. The zero-order valence-corrected chi connectivity index (χ0v) is 14.9. The fraction of sp³-hybridized carbons (Fsp3) is 0.579. The Morgan fingerprint density at radius 2 is 1.71 bits per heavy atom. The average molecular weight is 346 g/mol. The van der Waals surface area contributed by atoms with Gasteiger partial charge in [0.15, 0.2) is 0 Å². The molecule has 5 heteroatoms. The predicted molar refractivity (Wildman–Crippen MR) is 95.9 cm³/mol. The van der Waals surface area contributed by atoms with Gasteiger partial charge < -0.3 is 4.90 Å². The van der Waals surface area contributed by atoms with E-state index >= 15 is 0 Å². The largest absolute Gasteiger partial charge is 0.300 e. The third-order valence-corrected chi connectivity index (χ3v) is 7.68. The Morgan fingerprint density at radius 1 is 0.958 bits per heavy atom. The summed E-state index contributed by atoms with van der Waals surface area (Å²) in [7, 11) is -3.20. The maximum atomic E-state index is 12.6. The van der Waals surface area contributed by atoms with Gasteiger partial charge in [-0.3, -0.25) is 0 Å². The molecule has 0 aromatic heterocycles. The van der Waals surface area contributed by atoms with Gasteiger partial charge in [0.1, 0.15) is 0 Å². The summed E-state index contributed by atoms with van der Waals surface area (Å²) in [5.41, 5.74) is 0.869.